The Morgan fingerprint density at radius 1 is 1.47 bits per heavy atom. The second-order valence-electron chi connectivity index (χ2n) is 5.27. The Morgan fingerprint density at radius 3 is 2.74 bits per heavy atom. The van der Waals surface area contributed by atoms with Gasteiger partial charge in [0.05, 0.1) is 6.20 Å². The van der Waals surface area contributed by atoms with Gasteiger partial charge in [0.1, 0.15) is 11.3 Å². The number of carbonyl (C=O) groups excluding carboxylic acids is 1. The first-order valence-electron chi connectivity index (χ1n) is 6.12. The maximum Gasteiger partial charge on any atom is 0.407 e. The molecule has 1 aromatic rings. The second-order valence-corrected chi connectivity index (χ2v) is 5.27. The highest BCUT2D eigenvalue weighted by Crippen LogP contribution is 2.13. The van der Waals surface area contributed by atoms with E-state index in [-0.39, 0.29) is 0 Å². The average molecular weight is 264 g/mol. The molecule has 0 saturated heterocycles. The summed E-state index contributed by atoms with van der Waals surface area (Å²) in [5, 5.41) is 4.55. The monoisotopic (exact) mass is 264 g/mol. The lowest BCUT2D eigenvalue weighted by atomic mass is 10.1. The van der Waals surface area contributed by atoms with Gasteiger partial charge in [-0.1, -0.05) is 0 Å². The largest absolute Gasteiger partial charge is 0.444 e. The summed E-state index contributed by atoms with van der Waals surface area (Å²) in [7, 11) is 0. The fourth-order valence-electron chi connectivity index (χ4n) is 1.57. The summed E-state index contributed by atoms with van der Waals surface area (Å²) in [6.45, 7) is 9.49. The van der Waals surface area contributed by atoms with E-state index in [0.29, 0.717) is 12.2 Å². The molecule has 0 aliphatic rings. The van der Waals surface area contributed by atoms with Gasteiger partial charge in [0.25, 0.3) is 0 Å². The van der Waals surface area contributed by atoms with Crippen molar-refractivity contribution < 1.29 is 14.8 Å². The number of quaternary nitrogens is 1. The van der Waals surface area contributed by atoms with Crippen LogP contribution in [0.4, 0.5) is 16.2 Å². The van der Waals surface area contributed by atoms with Crippen molar-refractivity contribution in [1.29, 1.82) is 0 Å². The lowest BCUT2D eigenvalue weighted by Crippen LogP contribution is -2.70. The third-order valence-corrected chi connectivity index (χ3v) is 2.18. The smallest absolute Gasteiger partial charge is 0.407 e. The molecule has 1 rings (SSSR count). The van der Waals surface area contributed by atoms with Gasteiger partial charge in [-0.3, -0.25) is 5.32 Å². The Kier molecular flexibility index (Phi) is 4.94. The van der Waals surface area contributed by atoms with Gasteiger partial charge in [-0.15, -0.1) is 0 Å². The van der Waals surface area contributed by atoms with Crippen molar-refractivity contribution >= 4 is 17.5 Å². The molecule has 0 radical (unpaired) electrons. The molecule has 19 heavy (non-hydrogen) atoms. The van der Waals surface area contributed by atoms with Crippen LogP contribution in [0.5, 0.6) is 0 Å². The standard InChI is InChI=1S/C14H21N3O2/c1-5-16-12-7-10(6-11(15)8-12)9-17-13(18)19-14(2,3)4/h5-8,16H,1,9,15H2,2-4H3,(H,17,18)/p+1. The van der Waals surface area contributed by atoms with E-state index in [0.717, 1.165) is 11.3 Å². The Labute approximate surface area is 113 Å². The van der Waals surface area contributed by atoms with Crippen molar-refractivity contribution in [1.82, 2.24) is 5.32 Å². The molecule has 0 unspecified atom stereocenters. The molecule has 0 saturated carbocycles. The first-order chi connectivity index (χ1) is 8.80. The van der Waals surface area contributed by atoms with E-state index in [2.05, 4.69) is 11.9 Å². The fourth-order valence-corrected chi connectivity index (χ4v) is 1.57. The van der Waals surface area contributed by atoms with Gasteiger partial charge in [0.2, 0.25) is 0 Å². The predicted molar refractivity (Wildman–Crippen MR) is 75.7 cm³/mol. The van der Waals surface area contributed by atoms with Crippen LogP contribution in [0.15, 0.2) is 31.0 Å². The molecule has 1 aromatic carbocycles. The minimum Gasteiger partial charge on any atom is -0.444 e. The molecule has 0 spiro atoms. The zero-order valence-electron chi connectivity index (χ0n) is 11.7. The number of rotatable bonds is 4. The molecule has 5 N–H and O–H groups in total. The van der Waals surface area contributed by atoms with Crippen LogP contribution in [0.25, 0.3) is 0 Å². The topological polar surface area (TPSA) is 81.0 Å². The van der Waals surface area contributed by atoms with E-state index >= 15 is 0 Å². The summed E-state index contributed by atoms with van der Waals surface area (Å²) < 4.78 is 5.16. The van der Waals surface area contributed by atoms with Crippen LogP contribution in [0, 0.1) is 0 Å². The number of ether oxygens (including phenoxy) is 1. The first kappa shape index (κ1) is 15.0. The third kappa shape index (κ3) is 5.92. The van der Waals surface area contributed by atoms with Crippen molar-refractivity contribution in [2.24, 2.45) is 0 Å². The van der Waals surface area contributed by atoms with Crippen LogP contribution in [-0.2, 0) is 11.3 Å². The van der Waals surface area contributed by atoms with E-state index in [4.69, 9.17) is 10.5 Å². The van der Waals surface area contributed by atoms with Crippen LogP contribution >= 0.6 is 0 Å². The molecule has 0 aromatic heterocycles. The normalized spacial score (nSPS) is 10.9. The average Bonchev–Trinajstić information content (AvgIpc) is 2.24. The number of nitrogens with two attached hydrogens (primary N) is 2. The van der Waals surface area contributed by atoms with Crippen LogP contribution in [0.1, 0.15) is 26.3 Å². The van der Waals surface area contributed by atoms with Gasteiger partial charge >= 0.3 is 6.09 Å². The quantitative estimate of drug-likeness (QED) is 0.723. The third-order valence-electron chi connectivity index (χ3n) is 2.18. The summed E-state index contributed by atoms with van der Waals surface area (Å²) in [6.07, 6.45) is 1.25. The molecular weight excluding hydrogens is 242 g/mol. The molecule has 104 valence electrons. The van der Waals surface area contributed by atoms with Crippen molar-refractivity contribution in [2.75, 3.05) is 5.73 Å². The first-order valence-corrected chi connectivity index (χ1v) is 6.12. The Hall–Kier alpha value is -2.01. The minimum absolute atomic E-state index is 0.373. The van der Waals surface area contributed by atoms with Crippen molar-refractivity contribution in [3.05, 3.63) is 36.5 Å². The molecule has 0 atom stereocenters. The van der Waals surface area contributed by atoms with Gasteiger partial charge in [0, 0.05) is 24.4 Å². The van der Waals surface area contributed by atoms with Crippen LogP contribution in [-0.4, -0.2) is 11.7 Å². The van der Waals surface area contributed by atoms with Crippen LogP contribution < -0.4 is 16.4 Å². The van der Waals surface area contributed by atoms with E-state index in [1.165, 1.54) is 0 Å². The zero-order chi connectivity index (χ0) is 14.5. The van der Waals surface area contributed by atoms with Gasteiger partial charge in [-0.05, 0) is 39.0 Å². The number of carbonyl (C=O) groups is 1. The van der Waals surface area contributed by atoms with Crippen LogP contribution in [0.2, 0.25) is 0 Å². The number of nitrogens with one attached hydrogen (secondary N) is 1. The molecule has 0 bridgehead atoms. The number of alkyl carbamates (subject to hydrolysis) is 1. The maximum atomic E-state index is 11.5. The molecule has 5 nitrogen and oxygen atoms in total. The van der Waals surface area contributed by atoms with Crippen molar-refractivity contribution in [3.8, 4) is 0 Å². The molecule has 0 aliphatic carbocycles. The van der Waals surface area contributed by atoms with E-state index in [1.54, 1.807) is 6.20 Å². The highest BCUT2D eigenvalue weighted by atomic mass is 16.6. The molecule has 0 aliphatic heterocycles. The molecule has 1 amide bonds. The summed E-state index contributed by atoms with van der Waals surface area (Å²) in [4.78, 5) is 11.5. The van der Waals surface area contributed by atoms with Crippen LogP contribution in [0.3, 0.4) is 0 Å². The van der Waals surface area contributed by atoms with E-state index in [9.17, 15) is 4.79 Å². The fraction of sp³-hybridized carbons (Fsp3) is 0.357. The highest BCUT2D eigenvalue weighted by molar-refractivity contribution is 5.67. The van der Waals surface area contributed by atoms with Gasteiger partial charge in [-0.2, -0.15) is 0 Å². The molecule has 0 heterocycles. The highest BCUT2D eigenvalue weighted by Gasteiger charge is 2.15. The summed E-state index contributed by atoms with van der Waals surface area (Å²) >= 11 is 0. The van der Waals surface area contributed by atoms with Gasteiger partial charge < -0.3 is 15.8 Å². The number of hydrogen-bond donors (Lipinski definition) is 3. The lowest BCUT2D eigenvalue weighted by Gasteiger charge is -2.19. The SMILES string of the molecule is C=C[NH2+]c1cc(N)cc(CNC(=O)OC(C)(C)C)c1. The number of hydrogen-bond acceptors (Lipinski definition) is 3. The Bertz CT molecular complexity index is 464. The molecule has 0 fully saturated rings. The number of anilines is 1. The maximum absolute atomic E-state index is 11.5. The van der Waals surface area contributed by atoms with E-state index < -0.39 is 11.7 Å². The Morgan fingerprint density at radius 2 is 2.16 bits per heavy atom. The lowest BCUT2D eigenvalue weighted by molar-refractivity contribution is -0.495. The molecular formula is C14H22N3O2+. The summed E-state index contributed by atoms with van der Waals surface area (Å²) in [5.74, 6) is 0. The number of benzene rings is 1. The number of nitrogen functional groups attached to an aromatic ring is 1. The minimum atomic E-state index is -0.498. The second kappa shape index (κ2) is 6.24. The summed E-state index contributed by atoms with van der Waals surface area (Å²) in [6, 6.07) is 5.60. The summed E-state index contributed by atoms with van der Waals surface area (Å²) in [5.41, 5.74) is 7.82. The van der Waals surface area contributed by atoms with Gasteiger partial charge in [0.15, 0.2) is 0 Å². The zero-order valence-corrected chi connectivity index (χ0v) is 11.7. The van der Waals surface area contributed by atoms with E-state index in [1.807, 2.05) is 44.3 Å². The Balaban J connectivity index is 2.62. The van der Waals surface area contributed by atoms with Crippen molar-refractivity contribution in [3.63, 3.8) is 0 Å². The predicted octanol–water partition coefficient (Wildman–Crippen LogP) is 1.63. The van der Waals surface area contributed by atoms with Crippen molar-refractivity contribution in [2.45, 2.75) is 32.9 Å². The van der Waals surface area contributed by atoms with Gasteiger partial charge in [-0.25, -0.2) is 4.79 Å². The molecule has 5 heteroatoms. The number of amides is 1.